The number of aliphatic hydroxyl groups excluding tert-OH is 1. The Hall–Kier alpha value is -3.96. The van der Waals surface area contributed by atoms with Gasteiger partial charge in [0, 0.05) is 23.6 Å². The molecule has 2 N–H and O–H groups in total. The van der Waals surface area contributed by atoms with Crippen molar-refractivity contribution in [3.8, 4) is 22.7 Å². The van der Waals surface area contributed by atoms with Gasteiger partial charge in [-0.2, -0.15) is 18.2 Å². The molecule has 11 heteroatoms. The van der Waals surface area contributed by atoms with Crippen LogP contribution in [0.15, 0.2) is 65.5 Å². The average Bonchev–Trinajstić information content (AvgIpc) is 2.83. The van der Waals surface area contributed by atoms with E-state index in [4.69, 9.17) is 4.74 Å². The Bertz CT molecular complexity index is 1420. The summed E-state index contributed by atoms with van der Waals surface area (Å²) in [6.45, 7) is 1.78. The van der Waals surface area contributed by atoms with Crippen molar-refractivity contribution in [2.24, 2.45) is 0 Å². The fraction of sp³-hybridized carbons (Fsp3) is 0.208. The maximum Gasteiger partial charge on any atom is 0.416 e. The molecule has 35 heavy (non-hydrogen) atoms. The highest BCUT2D eigenvalue weighted by molar-refractivity contribution is 5.92. The van der Waals surface area contributed by atoms with E-state index in [0.717, 1.165) is 21.6 Å². The van der Waals surface area contributed by atoms with Crippen molar-refractivity contribution >= 4 is 17.0 Å². The SMILES string of the molecule is CCN(c1nc(-c2cccc(OC)c2)c2ccc(=O)n(-c3ccc(C(F)(F)F)cc3)c2n1)C(O)O. The third-order valence-corrected chi connectivity index (χ3v) is 5.41. The molecule has 0 aliphatic heterocycles. The van der Waals surface area contributed by atoms with Gasteiger partial charge in [-0.25, -0.2) is 4.98 Å². The number of fused-ring (bicyclic) bond motifs is 1. The molecule has 0 aliphatic rings. The van der Waals surface area contributed by atoms with E-state index in [1.165, 1.54) is 31.4 Å². The third kappa shape index (κ3) is 4.68. The van der Waals surface area contributed by atoms with E-state index < -0.39 is 23.7 Å². The predicted molar refractivity (Wildman–Crippen MR) is 123 cm³/mol. The summed E-state index contributed by atoms with van der Waals surface area (Å²) in [5, 5.41) is 20.1. The molecular weight excluding hydrogens is 465 g/mol. The smallest absolute Gasteiger partial charge is 0.416 e. The van der Waals surface area contributed by atoms with Crippen LogP contribution in [0.2, 0.25) is 0 Å². The number of rotatable bonds is 6. The Balaban J connectivity index is 2.05. The van der Waals surface area contributed by atoms with Crippen LogP contribution in [-0.4, -0.2) is 44.8 Å². The molecule has 2 aromatic carbocycles. The van der Waals surface area contributed by atoms with Crippen LogP contribution in [-0.2, 0) is 6.18 Å². The van der Waals surface area contributed by atoms with Crippen LogP contribution >= 0.6 is 0 Å². The maximum atomic E-state index is 13.1. The number of halogens is 3. The lowest BCUT2D eigenvalue weighted by Gasteiger charge is -2.24. The van der Waals surface area contributed by atoms with E-state index in [1.807, 2.05) is 0 Å². The zero-order valence-electron chi connectivity index (χ0n) is 18.7. The Morgan fingerprint density at radius 3 is 2.37 bits per heavy atom. The lowest BCUT2D eigenvalue weighted by Crippen LogP contribution is -2.36. The lowest BCUT2D eigenvalue weighted by molar-refractivity contribution is -0.137. The zero-order valence-corrected chi connectivity index (χ0v) is 18.7. The minimum absolute atomic E-state index is 0.0826. The van der Waals surface area contributed by atoms with E-state index in [2.05, 4.69) is 9.97 Å². The first-order chi connectivity index (χ1) is 16.6. The van der Waals surface area contributed by atoms with Gasteiger partial charge in [-0.05, 0) is 49.4 Å². The molecule has 8 nitrogen and oxygen atoms in total. The Morgan fingerprint density at radius 1 is 1.06 bits per heavy atom. The predicted octanol–water partition coefficient (Wildman–Crippen LogP) is 3.57. The summed E-state index contributed by atoms with van der Waals surface area (Å²) >= 11 is 0. The largest absolute Gasteiger partial charge is 0.497 e. The van der Waals surface area contributed by atoms with E-state index in [1.54, 1.807) is 31.2 Å². The van der Waals surface area contributed by atoms with Gasteiger partial charge in [0.25, 0.3) is 5.56 Å². The molecule has 4 rings (SSSR count). The maximum absolute atomic E-state index is 13.1. The molecule has 0 spiro atoms. The summed E-state index contributed by atoms with van der Waals surface area (Å²) < 4.78 is 45.6. The summed E-state index contributed by atoms with van der Waals surface area (Å²) in [5.41, 5.74) is -0.196. The molecule has 2 aromatic heterocycles. The second kappa shape index (κ2) is 9.35. The molecular formula is C24H21F3N4O4. The van der Waals surface area contributed by atoms with Crippen LogP contribution in [0.3, 0.4) is 0 Å². The molecule has 4 aromatic rings. The summed E-state index contributed by atoms with van der Waals surface area (Å²) in [7, 11) is 1.51. The number of alkyl halides is 3. The number of ether oxygens (including phenoxy) is 1. The molecule has 0 bridgehead atoms. The van der Waals surface area contributed by atoms with E-state index in [9.17, 15) is 28.2 Å². The monoisotopic (exact) mass is 486 g/mol. The van der Waals surface area contributed by atoms with Gasteiger partial charge in [0.05, 0.1) is 24.1 Å². The van der Waals surface area contributed by atoms with Crippen LogP contribution in [0.4, 0.5) is 19.1 Å². The molecule has 0 unspecified atom stereocenters. The van der Waals surface area contributed by atoms with Crippen LogP contribution < -0.4 is 15.2 Å². The summed E-state index contributed by atoms with van der Waals surface area (Å²) in [4.78, 5) is 22.9. The highest BCUT2D eigenvalue weighted by atomic mass is 19.4. The van der Waals surface area contributed by atoms with Crippen LogP contribution in [0.5, 0.6) is 5.75 Å². The second-order valence-electron chi connectivity index (χ2n) is 7.53. The van der Waals surface area contributed by atoms with Gasteiger partial charge in [0.2, 0.25) is 12.4 Å². The van der Waals surface area contributed by atoms with Crippen molar-refractivity contribution in [3.05, 3.63) is 76.6 Å². The number of hydrogen-bond acceptors (Lipinski definition) is 7. The van der Waals surface area contributed by atoms with Crippen molar-refractivity contribution in [2.75, 3.05) is 18.6 Å². The average molecular weight is 486 g/mol. The van der Waals surface area contributed by atoms with Gasteiger partial charge in [-0.15, -0.1) is 0 Å². The summed E-state index contributed by atoms with van der Waals surface area (Å²) in [6, 6.07) is 13.8. The van der Waals surface area contributed by atoms with Crippen molar-refractivity contribution in [2.45, 2.75) is 19.5 Å². The lowest BCUT2D eigenvalue weighted by atomic mass is 10.1. The highest BCUT2D eigenvalue weighted by Crippen LogP contribution is 2.32. The number of benzene rings is 2. The number of pyridine rings is 1. The molecule has 2 heterocycles. The van der Waals surface area contributed by atoms with E-state index >= 15 is 0 Å². The molecule has 0 radical (unpaired) electrons. The number of hydrogen-bond donors (Lipinski definition) is 2. The first-order valence-electron chi connectivity index (χ1n) is 10.5. The number of aromatic nitrogens is 3. The molecule has 182 valence electrons. The normalized spacial score (nSPS) is 11.8. The fourth-order valence-electron chi connectivity index (χ4n) is 3.68. The quantitative estimate of drug-likeness (QED) is 0.402. The number of aliphatic hydroxyl groups is 2. The van der Waals surface area contributed by atoms with E-state index in [0.29, 0.717) is 22.4 Å². The van der Waals surface area contributed by atoms with Gasteiger partial charge in [0.1, 0.15) is 5.75 Å². The van der Waals surface area contributed by atoms with Gasteiger partial charge < -0.3 is 14.9 Å². The Labute approximate surface area is 197 Å². The zero-order chi connectivity index (χ0) is 25.3. The molecule has 0 fully saturated rings. The standard InChI is InChI=1S/C24H21F3N4O4/c1-3-30(23(33)34)22-28-20(14-5-4-6-17(13-14)35-2)18-11-12-19(32)31(21(18)29-22)16-9-7-15(8-10-16)24(25,26)27/h4-13,23,33-34H,3H2,1-2H3. The molecule has 0 aliphatic carbocycles. The van der Waals surface area contributed by atoms with Crippen molar-refractivity contribution in [1.29, 1.82) is 0 Å². The van der Waals surface area contributed by atoms with Gasteiger partial charge in [-0.3, -0.25) is 14.3 Å². The minimum atomic E-state index is -4.53. The number of nitrogens with zero attached hydrogens (tertiary/aromatic N) is 4. The van der Waals surface area contributed by atoms with Gasteiger partial charge in [0.15, 0.2) is 5.65 Å². The summed E-state index contributed by atoms with van der Waals surface area (Å²) in [6.07, 6.45) is -6.46. The van der Waals surface area contributed by atoms with E-state index in [-0.39, 0.29) is 23.8 Å². The van der Waals surface area contributed by atoms with Crippen molar-refractivity contribution < 1.29 is 28.1 Å². The molecule has 0 saturated carbocycles. The Kier molecular flexibility index (Phi) is 6.46. The second-order valence-corrected chi connectivity index (χ2v) is 7.53. The van der Waals surface area contributed by atoms with Crippen molar-refractivity contribution in [1.82, 2.24) is 14.5 Å². The van der Waals surface area contributed by atoms with Crippen LogP contribution in [0, 0.1) is 0 Å². The number of methoxy groups -OCH3 is 1. The fourth-order valence-corrected chi connectivity index (χ4v) is 3.68. The molecule has 0 amide bonds. The first-order valence-corrected chi connectivity index (χ1v) is 10.5. The van der Waals surface area contributed by atoms with Crippen molar-refractivity contribution in [3.63, 3.8) is 0 Å². The van der Waals surface area contributed by atoms with Gasteiger partial charge in [-0.1, -0.05) is 12.1 Å². The van der Waals surface area contributed by atoms with Crippen LogP contribution in [0.1, 0.15) is 12.5 Å². The number of anilines is 1. The topological polar surface area (TPSA) is 101 Å². The third-order valence-electron chi connectivity index (χ3n) is 5.41. The van der Waals surface area contributed by atoms with Crippen LogP contribution in [0.25, 0.3) is 28.0 Å². The van der Waals surface area contributed by atoms with Gasteiger partial charge >= 0.3 is 6.18 Å². The highest BCUT2D eigenvalue weighted by Gasteiger charge is 2.30. The Morgan fingerprint density at radius 2 is 1.77 bits per heavy atom. The molecule has 0 atom stereocenters. The molecule has 0 saturated heterocycles. The first kappa shape index (κ1) is 24.2. The summed E-state index contributed by atoms with van der Waals surface area (Å²) in [5.74, 6) is 0.459. The minimum Gasteiger partial charge on any atom is -0.497 e.